The molecule has 3 aromatic rings. The van der Waals surface area contributed by atoms with Crippen molar-refractivity contribution in [3.05, 3.63) is 52.0 Å². The summed E-state index contributed by atoms with van der Waals surface area (Å²) in [6.45, 7) is 7.08. The Labute approximate surface area is 188 Å². The van der Waals surface area contributed by atoms with Crippen molar-refractivity contribution in [1.29, 1.82) is 0 Å². The van der Waals surface area contributed by atoms with Gasteiger partial charge in [0.1, 0.15) is 16.4 Å². The highest BCUT2D eigenvalue weighted by Gasteiger charge is 2.18. The average molecular weight is 458 g/mol. The van der Waals surface area contributed by atoms with Crippen LogP contribution in [0.25, 0.3) is 10.6 Å². The fourth-order valence-electron chi connectivity index (χ4n) is 3.03. The summed E-state index contributed by atoms with van der Waals surface area (Å²) in [4.78, 5) is 35.6. The molecule has 0 radical (unpaired) electrons. The molecule has 0 saturated carbocycles. The van der Waals surface area contributed by atoms with E-state index < -0.39 is 11.8 Å². The minimum absolute atomic E-state index is 0.250. The third-order valence-electron chi connectivity index (χ3n) is 4.86. The molecule has 0 spiro atoms. The number of nitrogens with one attached hydrogen (secondary N) is 2. The molecule has 10 heteroatoms. The van der Waals surface area contributed by atoms with Gasteiger partial charge in [0, 0.05) is 29.4 Å². The fraction of sp³-hybridized carbons (Fsp3) is 0.333. The summed E-state index contributed by atoms with van der Waals surface area (Å²) in [7, 11) is 0. The Balaban J connectivity index is 1.34. The van der Waals surface area contributed by atoms with Crippen LogP contribution in [0.5, 0.6) is 0 Å². The maximum Gasteiger partial charge on any atom is 0.289 e. The number of hydrazine groups is 1. The molecule has 3 heterocycles. The van der Waals surface area contributed by atoms with Gasteiger partial charge in [0.2, 0.25) is 0 Å². The van der Waals surface area contributed by atoms with E-state index in [9.17, 15) is 9.59 Å². The largest absolute Gasteiger partial charge is 0.378 e. The summed E-state index contributed by atoms with van der Waals surface area (Å²) in [6.07, 6.45) is 0. The van der Waals surface area contributed by atoms with Crippen molar-refractivity contribution in [2.75, 3.05) is 31.2 Å². The first-order valence-corrected chi connectivity index (χ1v) is 11.7. The molecule has 1 fully saturated rings. The molecular formula is C21H23N5O3S2. The summed E-state index contributed by atoms with van der Waals surface area (Å²) in [5, 5.41) is 4.87. The zero-order valence-corrected chi connectivity index (χ0v) is 18.9. The van der Waals surface area contributed by atoms with Crippen molar-refractivity contribution in [1.82, 2.24) is 20.8 Å². The van der Waals surface area contributed by atoms with Crippen LogP contribution in [0.2, 0.25) is 0 Å². The number of thiazole rings is 2. The lowest BCUT2D eigenvalue weighted by Crippen LogP contribution is -2.42. The van der Waals surface area contributed by atoms with Crippen LogP contribution >= 0.6 is 22.7 Å². The molecular weight excluding hydrogens is 434 g/mol. The van der Waals surface area contributed by atoms with E-state index in [1.165, 1.54) is 28.2 Å². The van der Waals surface area contributed by atoms with E-state index in [1.807, 2.05) is 12.1 Å². The van der Waals surface area contributed by atoms with Gasteiger partial charge in [-0.15, -0.1) is 22.7 Å². The summed E-state index contributed by atoms with van der Waals surface area (Å²) < 4.78 is 5.33. The van der Waals surface area contributed by atoms with Crippen molar-refractivity contribution in [3.8, 4) is 10.6 Å². The van der Waals surface area contributed by atoms with Gasteiger partial charge in [0.05, 0.1) is 13.2 Å². The van der Waals surface area contributed by atoms with Gasteiger partial charge >= 0.3 is 0 Å². The molecule has 4 rings (SSSR count). The topological polar surface area (TPSA) is 96.5 Å². The van der Waals surface area contributed by atoms with E-state index in [1.54, 1.807) is 10.8 Å². The lowest BCUT2D eigenvalue weighted by molar-refractivity contribution is 0.0842. The number of ether oxygens (including phenoxy) is 1. The molecule has 2 aromatic heterocycles. The summed E-state index contributed by atoms with van der Waals surface area (Å²) in [6, 6.07) is 8.15. The molecule has 0 bridgehead atoms. The lowest BCUT2D eigenvalue weighted by Gasteiger charge is -2.25. The molecule has 8 nitrogen and oxygen atoms in total. The molecule has 0 atom stereocenters. The predicted molar refractivity (Wildman–Crippen MR) is 122 cm³/mol. The normalized spacial score (nSPS) is 14.0. The Kier molecular flexibility index (Phi) is 6.59. The van der Waals surface area contributed by atoms with E-state index in [4.69, 9.17) is 4.74 Å². The molecule has 162 valence electrons. The van der Waals surface area contributed by atoms with Crippen molar-refractivity contribution in [3.63, 3.8) is 0 Å². The highest BCUT2D eigenvalue weighted by Crippen LogP contribution is 2.26. The maximum absolute atomic E-state index is 12.4. The molecule has 1 aliphatic rings. The molecule has 2 N–H and O–H groups in total. The van der Waals surface area contributed by atoms with Gasteiger partial charge in [-0.25, -0.2) is 9.97 Å². The van der Waals surface area contributed by atoms with E-state index in [2.05, 4.69) is 51.7 Å². The van der Waals surface area contributed by atoms with Crippen molar-refractivity contribution in [2.45, 2.75) is 19.8 Å². The van der Waals surface area contributed by atoms with E-state index in [0.29, 0.717) is 19.1 Å². The van der Waals surface area contributed by atoms with E-state index >= 15 is 0 Å². The van der Waals surface area contributed by atoms with Crippen molar-refractivity contribution < 1.29 is 14.3 Å². The van der Waals surface area contributed by atoms with Gasteiger partial charge in [-0.2, -0.15) is 0 Å². The first kappa shape index (κ1) is 21.4. The second-order valence-electron chi connectivity index (χ2n) is 7.34. The van der Waals surface area contributed by atoms with Crippen LogP contribution in [0.4, 0.5) is 5.13 Å². The van der Waals surface area contributed by atoms with Crippen molar-refractivity contribution in [2.24, 2.45) is 0 Å². The molecule has 1 aromatic carbocycles. The number of hydrogen-bond donors (Lipinski definition) is 2. The monoisotopic (exact) mass is 457 g/mol. The Hall–Kier alpha value is -2.82. The van der Waals surface area contributed by atoms with E-state index in [-0.39, 0.29) is 11.4 Å². The Morgan fingerprint density at radius 1 is 0.968 bits per heavy atom. The van der Waals surface area contributed by atoms with Crippen LogP contribution in [0.3, 0.4) is 0 Å². The molecule has 0 aliphatic carbocycles. The second kappa shape index (κ2) is 9.54. The number of rotatable bonds is 5. The number of aromatic nitrogens is 2. The minimum atomic E-state index is -0.474. The third-order valence-corrected chi connectivity index (χ3v) is 6.65. The van der Waals surface area contributed by atoms with Crippen LogP contribution in [0.1, 0.15) is 46.3 Å². The average Bonchev–Trinajstić information content (AvgIpc) is 3.48. The number of anilines is 1. The van der Waals surface area contributed by atoms with Gasteiger partial charge in [-0.3, -0.25) is 20.4 Å². The quantitative estimate of drug-likeness (QED) is 0.571. The summed E-state index contributed by atoms with van der Waals surface area (Å²) in [5.41, 5.74) is 7.54. The highest BCUT2D eigenvalue weighted by atomic mass is 32.1. The highest BCUT2D eigenvalue weighted by molar-refractivity contribution is 7.14. The minimum Gasteiger partial charge on any atom is -0.378 e. The number of benzene rings is 1. The molecule has 0 unspecified atom stereocenters. The Bertz CT molecular complexity index is 1060. The van der Waals surface area contributed by atoms with Gasteiger partial charge in [-0.1, -0.05) is 38.1 Å². The van der Waals surface area contributed by atoms with Crippen LogP contribution < -0.4 is 15.8 Å². The van der Waals surface area contributed by atoms with Gasteiger partial charge in [0.15, 0.2) is 5.13 Å². The number of carbonyl (C=O) groups excluding carboxylic acids is 2. The summed E-state index contributed by atoms with van der Waals surface area (Å²) >= 11 is 2.78. The molecule has 1 saturated heterocycles. The Morgan fingerprint density at radius 2 is 1.58 bits per heavy atom. The molecule has 1 aliphatic heterocycles. The number of hydrogen-bond acceptors (Lipinski definition) is 8. The lowest BCUT2D eigenvalue weighted by atomic mass is 10.0. The van der Waals surface area contributed by atoms with Crippen LogP contribution in [-0.2, 0) is 4.74 Å². The van der Waals surface area contributed by atoms with Crippen LogP contribution in [0.15, 0.2) is 35.0 Å². The second-order valence-corrected chi connectivity index (χ2v) is 9.03. The predicted octanol–water partition coefficient (Wildman–Crippen LogP) is 3.30. The van der Waals surface area contributed by atoms with Gasteiger partial charge in [0.25, 0.3) is 11.8 Å². The smallest absolute Gasteiger partial charge is 0.289 e. The zero-order valence-electron chi connectivity index (χ0n) is 17.3. The summed E-state index contributed by atoms with van der Waals surface area (Å²) in [5.74, 6) is -0.486. The fourth-order valence-corrected chi connectivity index (χ4v) is 4.70. The third kappa shape index (κ3) is 5.09. The number of morpholine rings is 1. The molecule has 31 heavy (non-hydrogen) atoms. The standard InChI is InChI=1S/C21H23N5O3S2/c1-13(2)14-3-5-15(6-4-14)20-22-16(11-30-20)18(27)24-25-19(28)17-12-31-21(23-17)26-7-9-29-10-8-26/h3-6,11-13H,7-10H2,1-2H3,(H,24,27)(H,25,28). The molecule has 2 amide bonds. The number of nitrogens with zero attached hydrogens (tertiary/aromatic N) is 3. The van der Waals surface area contributed by atoms with Crippen LogP contribution in [-0.4, -0.2) is 48.1 Å². The van der Waals surface area contributed by atoms with Crippen molar-refractivity contribution >= 4 is 39.6 Å². The van der Waals surface area contributed by atoms with Gasteiger partial charge < -0.3 is 9.64 Å². The van der Waals surface area contributed by atoms with Crippen LogP contribution in [0, 0.1) is 0 Å². The first-order valence-electron chi connectivity index (χ1n) is 9.96. The number of carbonyl (C=O) groups is 2. The zero-order chi connectivity index (χ0) is 21.8. The Morgan fingerprint density at radius 3 is 2.23 bits per heavy atom. The maximum atomic E-state index is 12.4. The SMILES string of the molecule is CC(C)c1ccc(-c2nc(C(=O)NNC(=O)c3csc(N4CCOCC4)n3)cs2)cc1. The number of amides is 2. The first-order chi connectivity index (χ1) is 15.0. The van der Waals surface area contributed by atoms with E-state index in [0.717, 1.165) is 28.8 Å². The van der Waals surface area contributed by atoms with Gasteiger partial charge in [-0.05, 0) is 11.5 Å².